The van der Waals surface area contributed by atoms with E-state index in [0.29, 0.717) is 0 Å². The molecule has 0 aliphatic carbocycles. The number of ketones is 1. The monoisotopic (exact) mass is 398 g/mol. The van der Waals surface area contributed by atoms with Crippen molar-refractivity contribution < 1.29 is 30.3 Å². The predicted octanol–water partition coefficient (Wildman–Crippen LogP) is 4.46. The largest absolute Gasteiger partial charge is 0.508 e. The smallest absolute Gasteiger partial charge is 0.200 e. The van der Waals surface area contributed by atoms with E-state index in [0.717, 1.165) is 17.2 Å². The summed E-state index contributed by atoms with van der Waals surface area (Å²) in [5, 5.41) is 50.8. The van der Waals surface area contributed by atoms with Gasteiger partial charge in [0.1, 0.15) is 11.5 Å². The van der Waals surface area contributed by atoms with Crippen molar-refractivity contribution in [1.29, 1.82) is 0 Å². The molecule has 0 radical (unpaired) electrons. The van der Waals surface area contributed by atoms with Crippen LogP contribution >= 0.6 is 0 Å². The molecule has 6 nitrogen and oxygen atoms in total. The average Bonchev–Trinajstić information content (AvgIpc) is 2.63. The normalized spacial score (nSPS) is 10.5. The fourth-order valence-electron chi connectivity index (χ4n) is 2.95. The maximum atomic E-state index is 13.3. The number of carbonyl (C=O) groups is 1. The Balaban J connectivity index is 2.84. The van der Waals surface area contributed by atoms with Crippen LogP contribution in [0.25, 0.3) is 0 Å². The molecule has 0 bridgehead atoms. The Kier molecular flexibility index (Phi) is 6.59. The van der Waals surface area contributed by atoms with Gasteiger partial charge in [0.25, 0.3) is 0 Å². The van der Waals surface area contributed by atoms with Crippen LogP contribution in [0.3, 0.4) is 0 Å². The van der Waals surface area contributed by atoms with E-state index < -0.39 is 28.8 Å². The van der Waals surface area contributed by atoms with Crippen molar-refractivity contribution >= 4 is 5.78 Å². The Morgan fingerprint density at radius 1 is 0.793 bits per heavy atom. The molecule has 0 aliphatic rings. The number of hydrogen-bond donors (Lipinski definition) is 5. The van der Waals surface area contributed by atoms with Crippen LogP contribution in [0.15, 0.2) is 41.5 Å². The molecule has 29 heavy (non-hydrogen) atoms. The van der Waals surface area contributed by atoms with Crippen molar-refractivity contribution in [3.8, 4) is 28.7 Å². The minimum Gasteiger partial charge on any atom is -0.508 e. The molecule has 0 amide bonds. The van der Waals surface area contributed by atoms with E-state index >= 15 is 0 Å². The third-order valence-electron chi connectivity index (χ3n) is 4.51. The van der Waals surface area contributed by atoms with Gasteiger partial charge >= 0.3 is 0 Å². The number of allylic oxidation sites excluding steroid dienone is 4. The molecule has 0 aromatic heterocycles. The summed E-state index contributed by atoms with van der Waals surface area (Å²) < 4.78 is 0. The van der Waals surface area contributed by atoms with Gasteiger partial charge in [-0.1, -0.05) is 23.3 Å². The van der Waals surface area contributed by atoms with Gasteiger partial charge in [-0.25, -0.2) is 0 Å². The number of aromatic hydroxyl groups is 5. The van der Waals surface area contributed by atoms with Crippen molar-refractivity contribution in [2.24, 2.45) is 0 Å². The van der Waals surface area contributed by atoms with E-state index in [1.807, 2.05) is 27.7 Å². The highest BCUT2D eigenvalue weighted by molar-refractivity contribution is 6.13. The number of carbonyl (C=O) groups excluding carboxylic acids is 1. The van der Waals surface area contributed by atoms with E-state index in [1.165, 1.54) is 12.1 Å². The quantitative estimate of drug-likeness (QED) is 0.278. The second-order valence-corrected chi connectivity index (χ2v) is 7.38. The highest BCUT2D eigenvalue weighted by Crippen LogP contribution is 2.45. The van der Waals surface area contributed by atoms with E-state index in [9.17, 15) is 30.3 Å². The number of benzene rings is 2. The second-order valence-electron chi connectivity index (χ2n) is 7.38. The first-order valence-corrected chi connectivity index (χ1v) is 9.16. The Morgan fingerprint density at radius 2 is 1.28 bits per heavy atom. The third kappa shape index (κ3) is 4.71. The number of hydrogen-bond acceptors (Lipinski definition) is 6. The lowest BCUT2D eigenvalue weighted by Gasteiger charge is -2.18. The van der Waals surface area contributed by atoms with Crippen LogP contribution in [0, 0.1) is 0 Å². The van der Waals surface area contributed by atoms with Crippen molar-refractivity contribution in [3.05, 3.63) is 63.8 Å². The van der Waals surface area contributed by atoms with Crippen LogP contribution in [0.1, 0.15) is 54.7 Å². The fourth-order valence-corrected chi connectivity index (χ4v) is 2.95. The molecule has 6 heteroatoms. The van der Waals surface area contributed by atoms with Gasteiger partial charge in [-0.05, 0) is 52.7 Å². The van der Waals surface area contributed by atoms with Crippen molar-refractivity contribution in [3.63, 3.8) is 0 Å². The van der Waals surface area contributed by atoms with Crippen molar-refractivity contribution in [2.45, 2.75) is 40.5 Å². The van der Waals surface area contributed by atoms with Crippen LogP contribution in [-0.4, -0.2) is 31.3 Å². The summed E-state index contributed by atoms with van der Waals surface area (Å²) >= 11 is 0. The van der Waals surface area contributed by atoms with Crippen molar-refractivity contribution in [1.82, 2.24) is 0 Å². The Morgan fingerprint density at radius 3 is 1.69 bits per heavy atom. The molecule has 0 fully saturated rings. The van der Waals surface area contributed by atoms with Gasteiger partial charge in [0.15, 0.2) is 17.3 Å². The lowest BCUT2D eigenvalue weighted by molar-refractivity contribution is 0.103. The van der Waals surface area contributed by atoms with Crippen LogP contribution in [0.5, 0.6) is 28.7 Å². The second kappa shape index (κ2) is 8.73. The molecule has 0 saturated heterocycles. The number of rotatable bonds is 6. The SMILES string of the molecule is CC(C)=CCc1c(O)c(O)c(O)c(CC=C(C)C)c1C(=O)c1ccc(O)cc1O. The molecule has 2 aromatic carbocycles. The molecular weight excluding hydrogens is 372 g/mol. The summed E-state index contributed by atoms with van der Waals surface area (Å²) in [4.78, 5) is 13.3. The molecule has 0 saturated carbocycles. The van der Waals surface area contributed by atoms with Gasteiger partial charge in [-0.3, -0.25) is 4.79 Å². The summed E-state index contributed by atoms with van der Waals surface area (Å²) in [5.74, 6) is -3.12. The standard InChI is InChI=1S/C23H26O6/c1-12(2)5-8-16-19(20(26)15-10-7-14(24)11-18(15)25)17(9-6-13(3)4)22(28)23(29)21(16)27/h5-7,10-11,24-25,27-29H,8-9H2,1-4H3. The summed E-state index contributed by atoms with van der Waals surface area (Å²) in [7, 11) is 0. The molecule has 5 N–H and O–H groups in total. The number of phenolic OH excluding ortho intramolecular Hbond substituents is 5. The summed E-state index contributed by atoms with van der Waals surface area (Å²) in [6, 6.07) is 3.57. The maximum absolute atomic E-state index is 13.3. The zero-order valence-electron chi connectivity index (χ0n) is 16.9. The van der Waals surface area contributed by atoms with E-state index in [4.69, 9.17) is 0 Å². The van der Waals surface area contributed by atoms with E-state index in [1.54, 1.807) is 12.2 Å². The molecule has 0 unspecified atom stereocenters. The predicted molar refractivity (Wildman–Crippen MR) is 111 cm³/mol. The Bertz CT molecular complexity index is 960. The van der Waals surface area contributed by atoms with Crippen LogP contribution < -0.4 is 0 Å². The third-order valence-corrected chi connectivity index (χ3v) is 4.51. The number of phenols is 5. The summed E-state index contributed by atoms with van der Waals surface area (Å²) in [6.07, 6.45) is 3.85. The molecule has 0 heterocycles. The highest BCUT2D eigenvalue weighted by atomic mass is 16.3. The first-order chi connectivity index (χ1) is 13.5. The van der Waals surface area contributed by atoms with Crippen LogP contribution in [0.4, 0.5) is 0 Å². The Hall–Kier alpha value is -3.41. The van der Waals surface area contributed by atoms with Crippen LogP contribution in [-0.2, 0) is 12.8 Å². The molecule has 0 atom stereocenters. The van der Waals surface area contributed by atoms with Crippen LogP contribution in [0.2, 0.25) is 0 Å². The molecule has 2 rings (SSSR count). The first kappa shape index (κ1) is 21.9. The van der Waals surface area contributed by atoms with Gasteiger partial charge in [0.2, 0.25) is 5.75 Å². The molecule has 2 aromatic rings. The zero-order valence-corrected chi connectivity index (χ0v) is 16.9. The van der Waals surface area contributed by atoms with E-state index in [2.05, 4.69) is 0 Å². The minimum absolute atomic E-state index is 0.00814. The lowest BCUT2D eigenvalue weighted by atomic mass is 9.88. The summed E-state index contributed by atoms with van der Waals surface area (Å²) in [5.41, 5.74) is 2.09. The summed E-state index contributed by atoms with van der Waals surface area (Å²) in [6.45, 7) is 7.42. The Labute approximate surface area is 169 Å². The fraction of sp³-hybridized carbons (Fsp3) is 0.261. The van der Waals surface area contributed by atoms with E-state index in [-0.39, 0.29) is 40.8 Å². The molecule has 0 aliphatic heterocycles. The zero-order chi connectivity index (χ0) is 21.9. The lowest BCUT2D eigenvalue weighted by Crippen LogP contribution is -2.11. The van der Waals surface area contributed by atoms with Gasteiger partial charge in [-0.15, -0.1) is 0 Å². The minimum atomic E-state index is -0.689. The maximum Gasteiger partial charge on any atom is 0.200 e. The first-order valence-electron chi connectivity index (χ1n) is 9.16. The highest BCUT2D eigenvalue weighted by Gasteiger charge is 2.28. The molecule has 154 valence electrons. The average molecular weight is 398 g/mol. The van der Waals surface area contributed by atoms with Gasteiger partial charge in [0, 0.05) is 22.8 Å². The van der Waals surface area contributed by atoms with Crippen molar-refractivity contribution in [2.75, 3.05) is 0 Å². The van der Waals surface area contributed by atoms with Gasteiger partial charge < -0.3 is 25.5 Å². The molecular formula is C23H26O6. The van der Waals surface area contributed by atoms with Gasteiger partial charge in [-0.2, -0.15) is 0 Å². The molecule has 0 spiro atoms. The topological polar surface area (TPSA) is 118 Å². The van der Waals surface area contributed by atoms with Gasteiger partial charge in [0.05, 0.1) is 5.56 Å².